The standard InChI is InChI=1S/C57H94O6/c1-4-7-10-13-16-18-20-22-23-24-25-26-27-28-29-30-31-32-33-34-35-36-38-39-41-44-47-50-56(59)62-53-54(52-61-55(58)49-46-43-15-12-9-6-3)63-57(60)51-48-45-42-40-37-21-19-17-14-11-8-5-2/h7,10,16,18,22-23,25-26,28-29,31-32,34-35,38-39,54H,4-6,8-9,11-15,17,19-21,24,27,30,33,36-37,40-53H2,1-3H3/b10-7-,18-16-,23-22-,26-25-,29-28-,32-31-,35-34-,39-38-. The molecule has 63 heavy (non-hydrogen) atoms. The van der Waals surface area contributed by atoms with Crippen LogP contribution in [0.15, 0.2) is 97.2 Å². The van der Waals surface area contributed by atoms with E-state index >= 15 is 0 Å². The number of carbonyl (C=O) groups excluding carboxylic acids is 3. The molecule has 1 atom stereocenters. The molecule has 0 amide bonds. The molecule has 0 saturated heterocycles. The van der Waals surface area contributed by atoms with Crippen LogP contribution in [0.5, 0.6) is 0 Å². The lowest BCUT2D eigenvalue weighted by molar-refractivity contribution is -0.167. The second kappa shape index (κ2) is 51.0. The van der Waals surface area contributed by atoms with Gasteiger partial charge in [0.1, 0.15) is 13.2 Å². The number of rotatable bonds is 45. The summed E-state index contributed by atoms with van der Waals surface area (Å²) >= 11 is 0. The number of unbranched alkanes of at least 4 members (excludes halogenated alkanes) is 18. The van der Waals surface area contributed by atoms with Gasteiger partial charge < -0.3 is 14.2 Å². The largest absolute Gasteiger partial charge is 0.462 e. The van der Waals surface area contributed by atoms with Crippen molar-refractivity contribution >= 4 is 17.9 Å². The molecule has 0 aromatic carbocycles. The van der Waals surface area contributed by atoms with Crippen molar-refractivity contribution in [3.8, 4) is 0 Å². The van der Waals surface area contributed by atoms with Crippen molar-refractivity contribution in [3.63, 3.8) is 0 Å². The molecule has 0 rings (SSSR count). The predicted molar refractivity (Wildman–Crippen MR) is 270 cm³/mol. The number of esters is 3. The minimum atomic E-state index is -0.789. The summed E-state index contributed by atoms with van der Waals surface area (Å²) in [5, 5.41) is 0. The maximum absolute atomic E-state index is 12.7. The van der Waals surface area contributed by atoms with E-state index in [1.165, 1.54) is 77.0 Å². The second-order valence-electron chi connectivity index (χ2n) is 16.7. The van der Waals surface area contributed by atoms with E-state index in [9.17, 15) is 14.4 Å². The molecule has 0 bridgehead atoms. The number of carbonyl (C=O) groups is 3. The Morgan fingerprint density at radius 3 is 0.968 bits per heavy atom. The number of hydrogen-bond donors (Lipinski definition) is 0. The van der Waals surface area contributed by atoms with Crippen molar-refractivity contribution in [2.24, 2.45) is 0 Å². The Kier molecular flexibility index (Phi) is 48.0. The molecule has 6 heteroatoms. The van der Waals surface area contributed by atoms with Gasteiger partial charge in [0, 0.05) is 19.3 Å². The highest BCUT2D eigenvalue weighted by molar-refractivity contribution is 5.71. The summed E-state index contributed by atoms with van der Waals surface area (Å²) in [5.41, 5.74) is 0. The number of hydrogen-bond acceptors (Lipinski definition) is 6. The van der Waals surface area contributed by atoms with Crippen molar-refractivity contribution in [3.05, 3.63) is 97.2 Å². The molecule has 0 N–H and O–H groups in total. The van der Waals surface area contributed by atoms with Crippen LogP contribution in [0.4, 0.5) is 0 Å². The Morgan fingerprint density at radius 1 is 0.333 bits per heavy atom. The molecular weight excluding hydrogens is 781 g/mol. The van der Waals surface area contributed by atoms with Gasteiger partial charge in [-0.25, -0.2) is 0 Å². The van der Waals surface area contributed by atoms with Gasteiger partial charge >= 0.3 is 17.9 Å². The molecule has 0 aliphatic rings. The van der Waals surface area contributed by atoms with E-state index in [4.69, 9.17) is 14.2 Å². The first-order valence-electron chi connectivity index (χ1n) is 25.7. The fourth-order valence-corrected chi connectivity index (χ4v) is 6.75. The molecule has 0 radical (unpaired) electrons. The first-order valence-corrected chi connectivity index (χ1v) is 25.7. The molecule has 0 aromatic heterocycles. The summed E-state index contributed by atoms with van der Waals surface area (Å²) in [6, 6.07) is 0. The first-order chi connectivity index (χ1) is 31.0. The van der Waals surface area contributed by atoms with Crippen molar-refractivity contribution in [1.29, 1.82) is 0 Å². The van der Waals surface area contributed by atoms with Gasteiger partial charge in [-0.05, 0) is 83.5 Å². The van der Waals surface area contributed by atoms with Gasteiger partial charge in [0.05, 0.1) is 0 Å². The lowest BCUT2D eigenvalue weighted by atomic mass is 10.0. The minimum Gasteiger partial charge on any atom is -0.462 e. The van der Waals surface area contributed by atoms with Crippen LogP contribution in [-0.4, -0.2) is 37.2 Å². The van der Waals surface area contributed by atoms with Crippen LogP contribution in [0.1, 0.15) is 226 Å². The zero-order chi connectivity index (χ0) is 45.8. The predicted octanol–water partition coefficient (Wildman–Crippen LogP) is 17.0. The molecule has 0 spiro atoms. The summed E-state index contributed by atoms with van der Waals surface area (Å²) in [4.78, 5) is 37.7. The average molecular weight is 875 g/mol. The number of allylic oxidation sites excluding steroid dienone is 16. The highest BCUT2D eigenvalue weighted by atomic mass is 16.6. The van der Waals surface area contributed by atoms with E-state index in [0.29, 0.717) is 19.3 Å². The Balaban J connectivity index is 4.26. The van der Waals surface area contributed by atoms with Crippen LogP contribution in [0.2, 0.25) is 0 Å². The van der Waals surface area contributed by atoms with Crippen molar-refractivity contribution in [1.82, 2.24) is 0 Å². The van der Waals surface area contributed by atoms with Crippen LogP contribution in [0, 0.1) is 0 Å². The summed E-state index contributed by atoms with van der Waals surface area (Å²) < 4.78 is 16.6. The van der Waals surface area contributed by atoms with Gasteiger partial charge in [-0.1, -0.05) is 221 Å². The van der Waals surface area contributed by atoms with Gasteiger partial charge in [0.25, 0.3) is 0 Å². The SMILES string of the molecule is CC/C=C\C/C=C\C/C=C\C/C=C\C/C=C\C/C=C\C/C=C\C/C=C\CCCCC(=O)OCC(COC(=O)CCCCCCCC)OC(=O)CCCCCCCCCCCCCC. The molecule has 358 valence electrons. The van der Waals surface area contributed by atoms with Crippen LogP contribution >= 0.6 is 0 Å². The third kappa shape index (κ3) is 49.2. The van der Waals surface area contributed by atoms with Gasteiger partial charge in [0.2, 0.25) is 0 Å². The molecule has 0 fully saturated rings. The normalized spacial score (nSPS) is 12.9. The molecular formula is C57H94O6. The molecule has 6 nitrogen and oxygen atoms in total. The Bertz CT molecular complexity index is 1280. The Labute approximate surface area is 387 Å². The first kappa shape index (κ1) is 59.3. The lowest BCUT2D eigenvalue weighted by Crippen LogP contribution is -2.30. The van der Waals surface area contributed by atoms with Crippen LogP contribution in [0.3, 0.4) is 0 Å². The van der Waals surface area contributed by atoms with E-state index in [0.717, 1.165) is 109 Å². The maximum atomic E-state index is 12.7. The van der Waals surface area contributed by atoms with E-state index in [2.05, 4.69) is 118 Å². The van der Waals surface area contributed by atoms with Crippen molar-refractivity contribution in [2.45, 2.75) is 232 Å². The molecule has 0 aromatic rings. The average Bonchev–Trinajstić information content (AvgIpc) is 3.28. The van der Waals surface area contributed by atoms with Gasteiger partial charge in [0.15, 0.2) is 6.10 Å². The minimum absolute atomic E-state index is 0.0905. The third-order valence-corrected chi connectivity index (χ3v) is 10.6. The van der Waals surface area contributed by atoms with Crippen LogP contribution in [-0.2, 0) is 28.6 Å². The van der Waals surface area contributed by atoms with Crippen LogP contribution in [0.25, 0.3) is 0 Å². The van der Waals surface area contributed by atoms with Gasteiger partial charge in [-0.15, -0.1) is 0 Å². The topological polar surface area (TPSA) is 78.9 Å². The Morgan fingerprint density at radius 2 is 0.619 bits per heavy atom. The van der Waals surface area contributed by atoms with Gasteiger partial charge in [-0.2, -0.15) is 0 Å². The van der Waals surface area contributed by atoms with Crippen molar-refractivity contribution in [2.75, 3.05) is 13.2 Å². The summed E-state index contributed by atoms with van der Waals surface area (Å²) in [6.07, 6.45) is 67.1. The molecule has 0 heterocycles. The Hall–Kier alpha value is -3.67. The summed E-state index contributed by atoms with van der Waals surface area (Å²) in [7, 11) is 0. The van der Waals surface area contributed by atoms with Crippen LogP contribution < -0.4 is 0 Å². The fourth-order valence-electron chi connectivity index (χ4n) is 6.75. The highest BCUT2D eigenvalue weighted by Gasteiger charge is 2.19. The fraction of sp³-hybridized carbons (Fsp3) is 0.667. The molecule has 1 unspecified atom stereocenters. The smallest absolute Gasteiger partial charge is 0.306 e. The monoisotopic (exact) mass is 875 g/mol. The third-order valence-electron chi connectivity index (χ3n) is 10.6. The second-order valence-corrected chi connectivity index (χ2v) is 16.7. The van der Waals surface area contributed by atoms with E-state index in [1.807, 2.05) is 0 Å². The van der Waals surface area contributed by atoms with Gasteiger partial charge in [-0.3, -0.25) is 14.4 Å². The molecule has 0 saturated carbocycles. The summed E-state index contributed by atoms with van der Waals surface area (Å²) in [5.74, 6) is -0.950. The lowest BCUT2D eigenvalue weighted by Gasteiger charge is -2.18. The molecule has 0 aliphatic carbocycles. The van der Waals surface area contributed by atoms with Crippen molar-refractivity contribution < 1.29 is 28.6 Å². The van der Waals surface area contributed by atoms with E-state index < -0.39 is 6.10 Å². The maximum Gasteiger partial charge on any atom is 0.306 e. The zero-order valence-corrected chi connectivity index (χ0v) is 40.8. The quantitative estimate of drug-likeness (QED) is 0.0262. The zero-order valence-electron chi connectivity index (χ0n) is 40.8. The van der Waals surface area contributed by atoms with E-state index in [1.54, 1.807) is 0 Å². The summed E-state index contributed by atoms with van der Waals surface area (Å²) in [6.45, 7) is 6.41. The number of ether oxygens (including phenoxy) is 3. The highest BCUT2D eigenvalue weighted by Crippen LogP contribution is 2.14. The molecule has 0 aliphatic heterocycles. The van der Waals surface area contributed by atoms with E-state index in [-0.39, 0.29) is 31.1 Å².